The largest absolute Gasteiger partial charge is 0.459 e. The lowest BCUT2D eigenvalue weighted by Crippen LogP contribution is -2.42. The normalized spacial score (nSPS) is 14.7. The highest BCUT2D eigenvalue weighted by atomic mass is 32.2. The van der Waals surface area contributed by atoms with Crippen LogP contribution >= 0.6 is 11.3 Å². The van der Waals surface area contributed by atoms with Crippen molar-refractivity contribution in [3.05, 3.63) is 39.9 Å². The molecule has 0 saturated carbocycles. The maximum atomic E-state index is 12.6. The van der Waals surface area contributed by atoms with E-state index in [2.05, 4.69) is 15.8 Å². The van der Waals surface area contributed by atoms with E-state index < -0.39 is 27.8 Å². The van der Waals surface area contributed by atoms with Crippen molar-refractivity contribution in [3.8, 4) is 6.07 Å². The summed E-state index contributed by atoms with van der Waals surface area (Å²) in [6.07, 6.45) is 0.529. The molecule has 3 heterocycles. The molecular weight excluding hydrogens is 464 g/mol. The fraction of sp³-hybridized carbons (Fsp3) is 0.455. The predicted octanol–water partition coefficient (Wildman–Crippen LogP) is 2.92. The van der Waals surface area contributed by atoms with Crippen LogP contribution in [0.3, 0.4) is 0 Å². The summed E-state index contributed by atoms with van der Waals surface area (Å²) in [6.45, 7) is 7.81. The monoisotopic (exact) mass is 490 g/mol. The Balaban J connectivity index is 1.69. The van der Waals surface area contributed by atoms with Gasteiger partial charge in [0.25, 0.3) is 10.0 Å². The molecule has 11 heteroatoms. The highest BCUT2D eigenvalue weighted by Gasteiger charge is 2.30. The maximum Gasteiger partial charge on any atom is 0.340 e. The first-order valence-electron chi connectivity index (χ1n) is 10.5. The first-order chi connectivity index (χ1) is 15.5. The van der Waals surface area contributed by atoms with Gasteiger partial charge in [0.1, 0.15) is 16.1 Å². The van der Waals surface area contributed by atoms with Crippen LogP contribution in [0.4, 0.5) is 5.82 Å². The zero-order chi connectivity index (χ0) is 24.3. The molecule has 1 amide bonds. The lowest BCUT2D eigenvalue weighted by atomic mass is 9.96. The van der Waals surface area contributed by atoms with Crippen molar-refractivity contribution < 1.29 is 22.7 Å². The lowest BCUT2D eigenvalue weighted by Gasteiger charge is -2.32. The number of rotatable bonds is 6. The van der Waals surface area contributed by atoms with Crippen molar-refractivity contribution in [2.24, 2.45) is 5.92 Å². The van der Waals surface area contributed by atoms with Gasteiger partial charge in [0.05, 0.1) is 22.9 Å². The number of piperidine rings is 1. The second kappa shape index (κ2) is 9.89. The van der Waals surface area contributed by atoms with Crippen molar-refractivity contribution >= 4 is 39.1 Å². The molecule has 2 aromatic heterocycles. The Morgan fingerprint density at radius 1 is 1.27 bits per heavy atom. The van der Waals surface area contributed by atoms with Crippen molar-refractivity contribution in [2.45, 2.75) is 50.8 Å². The summed E-state index contributed by atoms with van der Waals surface area (Å²) >= 11 is 1.11. The molecular formula is C22H26N4O5S2. The fourth-order valence-corrected chi connectivity index (χ4v) is 5.90. The minimum atomic E-state index is -3.89. The molecule has 33 heavy (non-hydrogen) atoms. The number of esters is 1. The minimum Gasteiger partial charge on any atom is -0.459 e. The number of sulfonamides is 1. The number of hydrogen-bond acceptors (Lipinski definition) is 9. The average Bonchev–Trinajstić information content (AvgIpc) is 3.20. The summed E-state index contributed by atoms with van der Waals surface area (Å²) in [5.74, 6) is -1.09. The number of aromatic nitrogens is 1. The molecule has 0 unspecified atom stereocenters. The zero-order valence-electron chi connectivity index (χ0n) is 18.9. The van der Waals surface area contributed by atoms with Gasteiger partial charge in [-0.1, -0.05) is 0 Å². The third-order valence-corrected chi connectivity index (χ3v) is 8.10. The van der Waals surface area contributed by atoms with Gasteiger partial charge in [-0.25, -0.2) is 22.9 Å². The maximum absolute atomic E-state index is 12.6. The van der Waals surface area contributed by atoms with Crippen LogP contribution in [-0.4, -0.2) is 44.5 Å². The first kappa shape index (κ1) is 24.7. The van der Waals surface area contributed by atoms with Gasteiger partial charge in [0.2, 0.25) is 5.91 Å². The number of carbonyl (C=O) groups excluding carboxylic acids is 2. The third-order valence-electron chi connectivity index (χ3n) is 5.26. The van der Waals surface area contributed by atoms with Gasteiger partial charge in [-0.05, 0) is 58.7 Å². The van der Waals surface area contributed by atoms with E-state index in [1.165, 1.54) is 12.1 Å². The fourth-order valence-electron chi connectivity index (χ4n) is 3.58. The summed E-state index contributed by atoms with van der Waals surface area (Å²) in [7, 11) is -3.89. The van der Waals surface area contributed by atoms with Crippen LogP contribution in [-0.2, 0) is 19.6 Å². The number of hydrogen-bond donors (Lipinski definition) is 1. The Bertz CT molecular complexity index is 1210. The number of nitrogens with one attached hydrogen (secondary N) is 1. The number of nitriles is 1. The highest BCUT2D eigenvalue weighted by molar-refractivity contribution is 7.92. The number of aryl methyl sites for hydroxylation is 2. The molecule has 0 atom stereocenters. The Hall–Kier alpha value is -2.97. The summed E-state index contributed by atoms with van der Waals surface area (Å²) in [6, 6.07) is 6.74. The van der Waals surface area contributed by atoms with Crippen molar-refractivity contribution in [1.82, 2.24) is 9.71 Å². The van der Waals surface area contributed by atoms with E-state index in [4.69, 9.17) is 4.74 Å². The van der Waals surface area contributed by atoms with E-state index in [9.17, 15) is 23.3 Å². The van der Waals surface area contributed by atoms with Gasteiger partial charge in [0.15, 0.2) is 0 Å². The van der Waals surface area contributed by atoms with Crippen LogP contribution < -0.4 is 9.62 Å². The Labute approximate surface area is 197 Å². The van der Waals surface area contributed by atoms with Crippen LogP contribution in [0.25, 0.3) is 0 Å². The van der Waals surface area contributed by atoms with Gasteiger partial charge in [-0.3, -0.25) is 4.79 Å². The Morgan fingerprint density at radius 3 is 2.48 bits per heavy atom. The summed E-state index contributed by atoms with van der Waals surface area (Å²) in [4.78, 5) is 32.1. The summed E-state index contributed by atoms with van der Waals surface area (Å²) in [5.41, 5.74) is 0.939. The average molecular weight is 491 g/mol. The van der Waals surface area contributed by atoms with E-state index >= 15 is 0 Å². The molecule has 0 radical (unpaired) electrons. The number of anilines is 1. The SMILES string of the molecule is Cc1ccc(S(=O)(=O)NC(=O)C2CCN(c3nc(C)c(C(=O)OC(C)C)cc3C#N)CC2)s1. The molecule has 0 aromatic carbocycles. The van der Waals surface area contributed by atoms with E-state index in [-0.39, 0.29) is 21.4 Å². The van der Waals surface area contributed by atoms with Crippen LogP contribution in [0.15, 0.2) is 22.4 Å². The number of thiophene rings is 1. The van der Waals surface area contributed by atoms with Crippen molar-refractivity contribution in [2.75, 3.05) is 18.0 Å². The minimum absolute atomic E-state index is 0.111. The molecule has 176 valence electrons. The Kier molecular flexibility index (Phi) is 7.39. The van der Waals surface area contributed by atoms with Crippen molar-refractivity contribution in [1.29, 1.82) is 5.26 Å². The number of ether oxygens (including phenoxy) is 1. The molecule has 2 aromatic rings. The first-order valence-corrected chi connectivity index (χ1v) is 12.8. The van der Waals surface area contributed by atoms with Gasteiger partial charge < -0.3 is 9.64 Å². The second-order valence-corrected chi connectivity index (χ2v) is 11.4. The molecule has 0 aliphatic carbocycles. The number of amides is 1. The van der Waals surface area contributed by atoms with Gasteiger partial charge in [-0.15, -0.1) is 11.3 Å². The molecule has 1 N–H and O–H groups in total. The van der Waals surface area contributed by atoms with E-state index in [1.807, 2.05) is 4.90 Å². The number of carbonyl (C=O) groups is 2. The molecule has 3 rings (SSSR count). The third kappa shape index (κ3) is 5.69. The van der Waals surface area contributed by atoms with Crippen LogP contribution in [0, 0.1) is 31.1 Å². The van der Waals surface area contributed by atoms with Gasteiger partial charge in [-0.2, -0.15) is 5.26 Å². The molecule has 1 saturated heterocycles. The summed E-state index contributed by atoms with van der Waals surface area (Å²) < 4.78 is 32.4. The highest BCUT2D eigenvalue weighted by Crippen LogP contribution is 2.28. The quantitative estimate of drug-likeness (QED) is 0.612. The number of nitrogens with zero attached hydrogens (tertiary/aromatic N) is 3. The molecule has 0 bridgehead atoms. The smallest absolute Gasteiger partial charge is 0.340 e. The standard InChI is InChI=1S/C22H26N4O5S2/c1-13(2)31-22(28)18-11-17(12-23)20(24-15(18)4)26-9-7-16(8-10-26)21(27)25-33(29,30)19-6-5-14(3)32-19/h5-6,11,13,16H,7-10H2,1-4H3,(H,25,27). The Morgan fingerprint density at radius 2 is 1.94 bits per heavy atom. The zero-order valence-corrected chi connectivity index (χ0v) is 20.5. The molecule has 1 aliphatic heterocycles. The number of pyridine rings is 1. The lowest BCUT2D eigenvalue weighted by molar-refractivity contribution is -0.123. The molecule has 0 spiro atoms. The van der Waals surface area contributed by atoms with Crippen LogP contribution in [0.2, 0.25) is 0 Å². The van der Waals surface area contributed by atoms with Gasteiger partial charge in [0, 0.05) is 23.9 Å². The van der Waals surface area contributed by atoms with Gasteiger partial charge >= 0.3 is 5.97 Å². The molecule has 1 fully saturated rings. The second-order valence-electron chi connectivity index (χ2n) is 8.15. The summed E-state index contributed by atoms with van der Waals surface area (Å²) in [5, 5.41) is 9.61. The molecule has 9 nitrogen and oxygen atoms in total. The van der Waals surface area contributed by atoms with Crippen LogP contribution in [0.1, 0.15) is 53.2 Å². The predicted molar refractivity (Wildman–Crippen MR) is 124 cm³/mol. The van der Waals surface area contributed by atoms with E-state index in [1.54, 1.807) is 33.8 Å². The van der Waals surface area contributed by atoms with Crippen molar-refractivity contribution in [3.63, 3.8) is 0 Å². The topological polar surface area (TPSA) is 129 Å². The van der Waals surface area contributed by atoms with E-state index in [0.717, 1.165) is 16.2 Å². The molecule has 1 aliphatic rings. The van der Waals surface area contributed by atoms with E-state index in [0.29, 0.717) is 37.4 Å². The van der Waals surface area contributed by atoms with Crippen LogP contribution in [0.5, 0.6) is 0 Å².